The lowest BCUT2D eigenvalue weighted by molar-refractivity contribution is -0.149. The van der Waals surface area contributed by atoms with Crippen LogP contribution in [0.1, 0.15) is 47.2 Å². The Morgan fingerprint density at radius 1 is 1.15 bits per heavy atom. The monoisotopic (exact) mass is 459 g/mol. The van der Waals surface area contributed by atoms with Crippen molar-refractivity contribution in [2.45, 2.75) is 38.2 Å². The number of phenols is 1. The van der Waals surface area contributed by atoms with E-state index in [2.05, 4.69) is 4.90 Å². The maximum Gasteiger partial charge on any atom is 0.302 e. The Hall–Kier alpha value is -3.13. The molecule has 1 aliphatic rings. The third-order valence-electron chi connectivity index (χ3n) is 6.02. The van der Waals surface area contributed by atoms with Gasteiger partial charge in [0.1, 0.15) is 29.2 Å². The van der Waals surface area contributed by atoms with Crippen LogP contribution in [0.25, 0.3) is 0 Å². The number of benzene rings is 2. The van der Waals surface area contributed by atoms with Crippen LogP contribution < -0.4 is 9.47 Å². The fourth-order valence-electron chi connectivity index (χ4n) is 4.38. The summed E-state index contributed by atoms with van der Waals surface area (Å²) in [6, 6.07) is 7.06. The molecule has 0 aliphatic carbocycles. The van der Waals surface area contributed by atoms with E-state index in [-0.39, 0.29) is 30.3 Å². The number of carbonyl (C=O) groups is 2. The number of esters is 1. The summed E-state index contributed by atoms with van der Waals surface area (Å²) in [4.78, 5) is 26.4. The zero-order chi connectivity index (χ0) is 24.1. The number of halogens is 1. The van der Waals surface area contributed by atoms with Crippen LogP contribution >= 0.6 is 0 Å². The van der Waals surface area contributed by atoms with Crippen LogP contribution in [0.2, 0.25) is 0 Å². The van der Waals surface area contributed by atoms with Crippen molar-refractivity contribution in [3.05, 3.63) is 52.8 Å². The molecule has 1 saturated heterocycles. The molecule has 3 rings (SSSR count). The summed E-state index contributed by atoms with van der Waals surface area (Å²) in [5.41, 5.74) is 1.42. The quantitative estimate of drug-likeness (QED) is 0.476. The number of rotatable bonds is 8. The Balaban J connectivity index is 1.95. The molecule has 0 spiro atoms. The number of methoxy groups -OCH3 is 2. The summed E-state index contributed by atoms with van der Waals surface area (Å²) in [5, 5.41) is 11.3. The Labute approximate surface area is 193 Å². The van der Waals surface area contributed by atoms with Gasteiger partial charge >= 0.3 is 5.97 Å². The van der Waals surface area contributed by atoms with E-state index in [1.807, 2.05) is 7.05 Å². The lowest BCUT2D eigenvalue weighted by atomic mass is 9.84. The van der Waals surface area contributed by atoms with E-state index in [1.165, 1.54) is 45.4 Å². The second kappa shape index (κ2) is 10.7. The number of hydrogen-bond donors (Lipinski definition) is 1. The number of phenolic OH excluding ortho intramolecular Hbond substituents is 1. The second-order valence-electron chi connectivity index (χ2n) is 8.26. The molecule has 33 heavy (non-hydrogen) atoms. The predicted molar refractivity (Wildman–Crippen MR) is 121 cm³/mol. The molecule has 0 aromatic heterocycles. The summed E-state index contributed by atoms with van der Waals surface area (Å²) >= 11 is 0. The molecule has 0 unspecified atom stereocenters. The lowest BCUT2D eigenvalue weighted by Gasteiger charge is -2.37. The zero-order valence-corrected chi connectivity index (χ0v) is 19.4. The van der Waals surface area contributed by atoms with Gasteiger partial charge in [0.15, 0.2) is 5.78 Å². The Bertz CT molecular complexity index is 1010. The van der Waals surface area contributed by atoms with Crippen LogP contribution in [0.3, 0.4) is 0 Å². The van der Waals surface area contributed by atoms with Crippen molar-refractivity contribution in [2.75, 3.05) is 34.4 Å². The van der Waals surface area contributed by atoms with Gasteiger partial charge in [-0.05, 0) is 50.7 Å². The van der Waals surface area contributed by atoms with Crippen LogP contribution in [0.4, 0.5) is 4.39 Å². The maximum atomic E-state index is 13.2. The topological polar surface area (TPSA) is 85.3 Å². The van der Waals surface area contributed by atoms with Gasteiger partial charge in [-0.1, -0.05) is 0 Å². The molecule has 8 heteroatoms. The van der Waals surface area contributed by atoms with Gasteiger partial charge < -0.3 is 24.2 Å². The SMILES string of the molecule is COc1cc(OC)c([C@@H]2CCN(C)C[C@H]2OC(C)=O)c(O)c1CCC(=O)c1ccc(F)cc1. The van der Waals surface area contributed by atoms with Gasteiger partial charge in [-0.25, -0.2) is 4.39 Å². The van der Waals surface area contributed by atoms with E-state index in [1.54, 1.807) is 6.07 Å². The third-order valence-corrected chi connectivity index (χ3v) is 6.02. The van der Waals surface area contributed by atoms with Crippen molar-refractivity contribution in [1.29, 1.82) is 0 Å². The van der Waals surface area contributed by atoms with E-state index >= 15 is 0 Å². The van der Waals surface area contributed by atoms with Crippen LogP contribution in [0.5, 0.6) is 17.2 Å². The molecule has 0 saturated carbocycles. The number of ether oxygens (including phenoxy) is 3. The average molecular weight is 460 g/mol. The van der Waals surface area contributed by atoms with Crippen LogP contribution in [-0.4, -0.2) is 62.2 Å². The lowest BCUT2D eigenvalue weighted by Crippen LogP contribution is -2.43. The Morgan fingerprint density at radius 2 is 1.82 bits per heavy atom. The summed E-state index contributed by atoms with van der Waals surface area (Å²) in [7, 11) is 4.94. The number of nitrogens with zero attached hydrogens (tertiary/aromatic N) is 1. The Morgan fingerprint density at radius 3 is 2.42 bits per heavy atom. The second-order valence-corrected chi connectivity index (χ2v) is 8.26. The molecule has 2 aromatic carbocycles. The number of piperidine rings is 1. The number of carbonyl (C=O) groups excluding carboxylic acids is 2. The van der Waals surface area contributed by atoms with Gasteiger partial charge in [-0.15, -0.1) is 0 Å². The normalized spacial score (nSPS) is 18.6. The fourth-order valence-corrected chi connectivity index (χ4v) is 4.38. The minimum atomic E-state index is -0.455. The summed E-state index contributed by atoms with van der Waals surface area (Å²) in [5.74, 6) is -0.446. The van der Waals surface area contributed by atoms with Crippen LogP contribution in [0.15, 0.2) is 30.3 Å². The number of aromatic hydroxyl groups is 1. The van der Waals surface area contributed by atoms with Crippen LogP contribution in [-0.2, 0) is 16.0 Å². The fraction of sp³-hybridized carbons (Fsp3) is 0.440. The highest BCUT2D eigenvalue weighted by Gasteiger charge is 2.36. The predicted octanol–water partition coefficient (Wildman–Crippen LogP) is 3.71. The van der Waals surface area contributed by atoms with E-state index < -0.39 is 17.9 Å². The van der Waals surface area contributed by atoms with E-state index in [0.717, 1.165) is 6.54 Å². The van der Waals surface area contributed by atoms with Gasteiger partial charge in [-0.3, -0.25) is 9.59 Å². The number of likely N-dealkylation sites (N-methyl/N-ethyl adjacent to an activating group) is 1. The highest BCUT2D eigenvalue weighted by molar-refractivity contribution is 5.96. The van der Waals surface area contributed by atoms with Crippen molar-refractivity contribution >= 4 is 11.8 Å². The van der Waals surface area contributed by atoms with Gasteiger partial charge in [0, 0.05) is 48.6 Å². The van der Waals surface area contributed by atoms with Crippen molar-refractivity contribution in [1.82, 2.24) is 4.90 Å². The minimum absolute atomic E-state index is 0.0233. The molecule has 0 amide bonds. The minimum Gasteiger partial charge on any atom is -0.507 e. The van der Waals surface area contributed by atoms with E-state index in [0.29, 0.717) is 41.2 Å². The number of hydrogen-bond acceptors (Lipinski definition) is 7. The Kier molecular flexibility index (Phi) is 7.92. The first-order valence-corrected chi connectivity index (χ1v) is 10.9. The molecule has 1 heterocycles. The summed E-state index contributed by atoms with van der Waals surface area (Å²) in [6.07, 6.45) is 0.511. The molecule has 7 nitrogen and oxygen atoms in total. The largest absolute Gasteiger partial charge is 0.507 e. The maximum absolute atomic E-state index is 13.2. The molecule has 178 valence electrons. The zero-order valence-electron chi connectivity index (χ0n) is 19.4. The van der Waals surface area contributed by atoms with Gasteiger partial charge in [-0.2, -0.15) is 0 Å². The molecule has 0 radical (unpaired) electrons. The molecule has 1 fully saturated rings. The molecule has 1 N–H and O–H groups in total. The molecular weight excluding hydrogens is 429 g/mol. The van der Waals surface area contributed by atoms with Gasteiger partial charge in [0.2, 0.25) is 0 Å². The first-order valence-electron chi connectivity index (χ1n) is 10.9. The highest BCUT2D eigenvalue weighted by atomic mass is 19.1. The highest BCUT2D eigenvalue weighted by Crippen LogP contribution is 2.46. The number of ketones is 1. The molecule has 0 bridgehead atoms. The van der Waals surface area contributed by atoms with Crippen molar-refractivity contribution < 1.29 is 33.3 Å². The molecule has 1 aliphatic heterocycles. The molecular formula is C25H30FNO6. The number of Topliss-reactive ketones (excluding diaryl/α,β-unsaturated/α-hetero) is 1. The standard InChI is InChI=1S/C25H30FNO6/c1-15(28)33-23-14-27(2)12-11-18(23)24-22(32-4)13-21(31-3)19(25(24)30)9-10-20(29)16-5-7-17(26)8-6-16/h5-8,13,18,23,30H,9-12,14H2,1-4H3/t18-,23-/m1/s1. The van der Waals surface area contributed by atoms with Gasteiger partial charge in [0.05, 0.1) is 14.2 Å². The molecule has 2 atom stereocenters. The van der Waals surface area contributed by atoms with Crippen molar-refractivity contribution in [3.8, 4) is 17.2 Å². The smallest absolute Gasteiger partial charge is 0.302 e. The first kappa shape index (κ1) is 24.5. The van der Waals surface area contributed by atoms with E-state index in [4.69, 9.17) is 14.2 Å². The first-order chi connectivity index (χ1) is 15.7. The average Bonchev–Trinajstić information content (AvgIpc) is 2.78. The van der Waals surface area contributed by atoms with Crippen molar-refractivity contribution in [2.24, 2.45) is 0 Å². The van der Waals surface area contributed by atoms with Crippen LogP contribution in [0, 0.1) is 5.82 Å². The van der Waals surface area contributed by atoms with Crippen molar-refractivity contribution in [3.63, 3.8) is 0 Å². The summed E-state index contributed by atoms with van der Waals surface area (Å²) in [6.45, 7) is 2.65. The third kappa shape index (κ3) is 5.63. The number of likely N-dealkylation sites (tertiary alicyclic amines) is 1. The van der Waals surface area contributed by atoms with E-state index in [9.17, 15) is 19.1 Å². The summed E-state index contributed by atoms with van der Waals surface area (Å²) < 4.78 is 29.8. The molecule has 2 aromatic rings. The van der Waals surface area contributed by atoms with Gasteiger partial charge in [0.25, 0.3) is 0 Å².